The van der Waals surface area contributed by atoms with Crippen LogP contribution in [0.5, 0.6) is 0 Å². The van der Waals surface area contributed by atoms with Gasteiger partial charge in [-0.25, -0.2) is 18.7 Å². The highest BCUT2D eigenvalue weighted by Crippen LogP contribution is 2.48. The minimum absolute atomic E-state index is 0.235. The van der Waals surface area contributed by atoms with Crippen molar-refractivity contribution in [1.82, 2.24) is 15.0 Å². The molecule has 0 aliphatic heterocycles. The van der Waals surface area contributed by atoms with Gasteiger partial charge < -0.3 is 14.0 Å². The van der Waals surface area contributed by atoms with E-state index in [0.29, 0.717) is 48.0 Å². The zero-order valence-electron chi connectivity index (χ0n) is 17.2. The van der Waals surface area contributed by atoms with Crippen LogP contribution in [0.4, 0.5) is 8.78 Å². The Morgan fingerprint density at radius 2 is 1.74 bits per heavy atom. The zero-order valence-corrected chi connectivity index (χ0v) is 18.1. The third kappa shape index (κ3) is 4.37. The highest BCUT2D eigenvalue weighted by atomic mass is 31.2. The summed E-state index contributed by atoms with van der Waals surface area (Å²) in [4.78, 5) is 11.6. The van der Waals surface area contributed by atoms with Gasteiger partial charge in [-0.2, -0.15) is 0 Å². The topological polar surface area (TPSA) is 77.1 Å². The lowest BCUT2D eigenvalue weighted by molar-refractivity contribution is 0.220. The minimum atomic E-state index is -3.10. The Morgan fingerprint density at radius 3 is 2.42 bits per heavy atom. The van der Waals surface area contributed by atoms with Gasteiger partial charge in [0, 0.05) is 11.6 Å². The second kappa shape index (κ2) is 8.83. The number of rotatable bonds is 8. The molecule has 0 aliphatic carbocycles. The monoisotopic (exact) mass is 445 g/mol. The fraction of sp³-hybridized carbons (Fsp3) is 0.273. The van der Waals surface area contributed by atoms with Crippen LogP contribution >= 0.6 is 7.60 Å². The van der Waals surface area contributed by atoms with Crippen LogP contribution in [0.25, 0.3) is 33.2 Å². The lowest BCUT2D eigenvalue weighted by atomic mass is 10.1. The average Bonchev–Trinajstić information content (AvgIpc) is 3.11. The second-order valence-corrected chi connectivity index (χ2v) is 9.18. The molecule has 162 valence electrons. The summed E-state index contributed by atoms with van der Waals surface area (Å²) in [5.41, 5.74) is 3.61. The summed E-state index contributed by atoms with van der Waals surface area (Å²) in [6, 6.07) is 9.66. The van der Waals surface area contributed by atoms with Crippen molar-refractivity contribution in [2.75, 3.05) is 19.4 Å². The molecule has 0 aliphatic rings. The quantitative estimate of drug-likeness (QED) is 0.344. The van der Waals surface area contributed by atoms with Gasteiger partial charge in [0.1, 0.15) is 23.5 Å². The molecule has 0 saturated heterocycles. The molecule has 4 aromatic rings. The number of aromatic nitrogens is 3. The van der Waals surface area contributed by atoms with Crippen LogP contribution in [0, 0.1) is 11.6 Å². The molecule has 2 aromatic heterocycles. The van der Waals surface area contributed by atoms with Gasteiger partial charge in [0.2, 0.25) is 0 Å². The van der Waals surface area contributed by atoms with Crippen molar-refractivity contribution in [1.29, 1.82) is 0 Å². The number of nitrogens with zero attached hydrogens (tertiary/aromatic N) is 2. The van der Waals surface area contributed by atoms with Crippen LogP contribution in [0.2, 0.25) is 0 Å². The van der Waals surface area contributed by atoms with Crippen molar-refractivity contribution >= 4 is 29.5 Å². The maximum absolute atomic E-state index is 14.3. The standard InChI is InChI=1S/C22H22F2N3O3P/c1-3-29-31(28,30-4-2)10-9-14-5-7-15(8-6-14)20-22-21(26-13-25-20)19-17(24)11-16(23)12-18(19)27-22/h5-8,11-13,27H,3-4,9-10H2,1-2H3. The van der Waals surface area contributed by atoms with E-state index in [9.17, 15) is 13.3 Å². The van der Waals surface area contributed by atoms with Gasteiger partial charge in [-0.15, -0.1) is 0 Å². The number of fused-ring (bicyclic) bond motifs is 3. The number of hydrogen-bond donors (Lipinski definition) is 1. The molecule has 4 rings (SSSR count). The molecular formula is C22H22F2N3O3P. The van der Waals surface area contributed by atoms with E-state index in [4.69, 9.17) is 9.05 Å². The molecule has 0 spiro atoms. The predicted octanol–water partition coefficient (Wildman–Crippen LogP) is 5.86. The number of benzene rings is 2. The van der Waals surface area contributed by atoms with E-state index in [1.165, 1.54) is 12.4 Å². The summed E-state index contributed by atoms with van der Waals surface area (Å²) in [5.74, 6) is -1.33. The Kier molecular flexibility index (Phi) is 6.14. The van der Waals surface area contributed by atoms with E-state index < -0.39 is 19.2 Å². The first-order chi connectivity index (χ1) is 14.9. The van der Waals surface area contributed by atoms with Crippen molar-refractivity contribution in [3.8, 4) is 11.3 Å². The summed E-state index contributed by atoms with van der Waals surface area (Å²) in [6.07, 6.45) is 2.19. The van der Waals surface area contributed by atoms with Crippen molar-refractivity contribution in [2.45, 2.75) is 20.3 Å². The van der Waals surface area contributed by atoms with E-state index in [1.807, 2.05) is 24.3 Å². The van der Waals surface area contributed by atoms with Crippen LogP contribution in [0.15, 0.2) is 42.7 Å². The van der Waals surface area contributed by atoms with E-state index in [-0.39, 0.29) is 5.39 Å². The first-order valence-corrected chi connectivity index (χ1v) is 11.8. The van der Waals surface area contributed by atoms with Gasteiger partial charge in [-0.3, -0.25) is 4.57 Å². The molecule has 0 unspecified atom stereocenters. The number of hydrogen-bond acceptors (Lipinski definition) is 5. The Balaban J connectivity index is 1.64. The van der Waals surface area contributed by atoms with Crippen LogP contribution in [0.1, 0.15) is 19.4 Å². The third-order valence-corrected chi connectivity index (χ3v) is 7.03. The maximum Gasteiger partial charge on any atom is 0.330 e. The number of nitrogens with one attached hydrogen (secondary N) is 1. The van der Waals surface area contributed by atoms with Gasteiger partial charge in [0.25, 0.3) is 0 Å². The first kappa shape index (κ1) is 21.6. The van der Waals surface area contributed by atoms with Crippen molar-refractivity contribution < 1.29 is 22.4 Å². The molecule has 2 heterocycles. The lowest BCUT2D eigenvalue weighted by Gasteiger charge is -2.16. The highest BCUT2D eigenvalue weighted by Gasteiger charge is 2.23. The number of halogens is 2. The summed E-state index contributed by atoms with van der Waals surface area (Å²) in [7, 11) is -3.10. The van der Waals surface area contributed by atoms with Crippen LogP contribution < -0.4 is 0 Å². The van der Waals surface area contributed by atoms with Gasteiger partial charge in [0.15, 0.2) is 0 Å². The van der Waals surface area contributed by atoms with E-state index >= 15 is 0 Å². The number of aromatic amines is 1. The third-order valence-electron chi connectivity index (χ3n) is 4.95. The van der Waals surface area contributed by atoms with Gasteiger partial charge >= 0.3 is 7.60 Å². The summed E-state index contributed by atoms with van der Waals surface area (Å²) in [6.45, 7) is 4.23. The molecule has 0 atom stereocenters. The van der Waals surface area contributed by atoms with Crippen LogP contribution in [0.3, 0.4) is 0 Å². The zero-order chi connectivity index (χ0) is 22.0. The molecule has 2 aromatic carbocycles. The Morgan fingerprint density at radius 1 is 1.03 bits per heavy atom. The van der Waals surface area contributed by atoms with Gasteiger partial charge in [-0.05, 0) is 31.9 Å². The molecule has 0 saturated carbocycles. The fourth-order valence-electron chi connectivity index (χ4n) is 3.62. The normalized spacial score (nSPS) is 12.1. The molecule has 6 nitrogen and oxygen atoms in total. The van der Waals surface area contributed by atoms with Crippen LogP contribution in [-0.4, -0.2) is 34.3 Å². The molecule has 0 amide bonds. The number of aryl methyl sites for hydroxylation is 1. The SMILES string of the molecule is CCOP(=O)(CCc1ccc(-c2ncnc3c2[nH]c2cc(F)cc(F)c23)cc1)OCC. The summed E-state index contributed by atoms with van der Waals surface area (Å²) in [5, 5.41) is 0.235. The van der Waals surface area contributed by atoms with Gasteiger partial charge in [0.05, 0.1) is 41.5 Å². The number of H-pyrrole nitrogens is 1. The average molecular weight is 445 g/mol. The molecule has 0 fully saturated rings. The Labute approximate surface area is 178 Å². The first-order valence-electron chi connectivity index (χ1n) is 10.0. The smallest absolute Gasteiger partial charge is 0.330 e. The molecule has 1 N–H and O–H groups in total. The van der Waals surface area contributed by atoms with E-state index in [2.05, 4.69) is 15.0 Å². The van der Waals surface area contributed by atoms with Crippen LogP contribution in [-0.2, 0) is 20.0 Å². The summed E-state index contributed by atoms with van der Waals surface area (Å²) < 4.78 is 51.2. The molecule has 9 heteroatoms. The molecule has 0 radical (unpaired) electrons. The maximum atomic E-state index is 14.3. The minimum Gasteiger partial charge on any atom is -0.351 e. The highest BCUT2D eigenvalue weighted by molar-refractivity contribution is 7.53. The van der Waals surface area contributed by atoms with Crippen molar-refractivity contribution in [3.63, 3.8) is 0 Å². The summed E-state index contributed by atoms with van der Waals surface area (Å²) >= 11 is 0. The Bertz CT molecular complexity index is 1260. The van der Waals surface area contributed by atoms with Gasteiger partial charge in [-0.1, -0.05) is 24.3 Å². The second-order valence-electron chi connectivity index (χ2n) is 7.00. The predicted molar refractivity (Wildman–Crippen MR) is 116 cm³/mol. The van der Waals surface area contributed by atoms with E-state index in [0.717, 1.165) is 17.2 Å². The fourth-order valence-corrected chi connectivity index (χ4v) is 5.27. The lowest BCUT2D eigenvalue weighted by Crippen LogP contribution is -2.02. The Hall–Kier alpha value is -2.67. The van der Waals surface area contributed by atoms with E-state index in [1.54, 1.807) is 13.8 Å². The molecule has 31 heavy (non-hydrogen) atoms. The van der Waals surface area contributed by atoms with Crippen molar-refractivity contribution in [3.05, 3.63) is 59.9 Å². The molecular weight excluding hydrogens is 423 g/mol. The molecule has 0 bridgehead atoms. The largest absolute Gasteiger partial charge is 0.351 e. The van der Waals surface area contributed by atoms with Crippen molar-refractivity contribution in [2.24, 2.45) is 0 Å².